The Labute approximate surface area is 270 Å². The third-order valence-corrected chi connectivity index (χ3v) is 8.01. The molecule has 8 heteroatoms. The molecule has 45 heavy (non-hydrogen) atoms. The Hall–Kier alpha value is -3.43. The minimum atomic E-state index is -0.490. The van der Waals surface area contributed by atoms with E-state index < -0.39 is 6.10 Å². The number of amides is 1. The maximum Gasteiger partial charge on any atom is 0.255 e. The van der Waals surface area contributed by atoms with Crippen LogP contribution in [0.25, 0.3) is 0 Å². The van der Waals surface area contributed by atoms with Crippen LogP contribution in [0.4, 0.5) is 5.69 Å². The molecule has 3 aromatic carbocycles. The largest absolute Gasteiger partial charge is 0.497 e. The maximum absolute atomic E-state index is 12.6. The molecular weight excluding hydrogens is 566 g/mol. The number of aliphatic hydroxyl groups is 1. The fourth-order valence-electron chi connectivity index (χ4n) is 5.22. The van der Waals surface area contributed by atoms with Crippen LogP contribution in [0.5, 0.6) is 11.5 Å². The van der Waals surface area contributed by atoms with Crippen LogP contribution in [0, 0.1) is 0 Å². The molecule has 1 fully saturated rings. The van der Waals surface area contributed by atoms with Gasteiger partial charge >= 0.3 is 0 Å². The van der Waals surface area contributed by atoms with Crippen molar-refractivity contribution < 1.29 is 24.1 Å². The summed E-state index contributed by atoms with van der Waals surface area (Å²) in [5, 5.41) is 16.0. The van der Waals surface area contributed by atoms with Crippen LogP contribution in [0.15, 0.2) is 72.8 Å². The molecule has 8 nitrogen and oxygen atoms in total. The average molecular weight is 620 g/mol. The molecule has 0 radical (unpaired) electrons. The average Bonchev–Trinajstić information content (AvgIpc) is 3.06. The number of methoxy groups -OCH3 is 2. The van der Waals surface area contributed by atoms with Crippen molar-refractivity contribution in [3.8, 4) is 11.5 Å². The summed E-state index contributed by atoms with van der Waals surface area (Å²) in [7, 11) is 5.54. The van der Waals surface area contributed by atoms with E-state index in [0.717, 1.165) is 43.1 Å². The lowest BCUT2D eigenvalue weighted by molar-refractivity contribution is 0.102. The molecule has 0 saturated carbocycles. The predicted molar refractivity (Wildman–Crippen MR) is 183 cm³/mol. The zero-order chi connectivity index (χ0) is 32.4. The van der Waals surface area contributed by atoms with E-state index in [-0.39, 0.29) is 5.91 Å². The van der Waals surface area contributed by atoms with Crippen LogP contribution in [0.3, 0.4) is 0 Å². The zero-order valence-electron chi connectivity index (χ0n) is 27.8. The number of aliphatic hydroxyl groups excluding tert-OH is 1. The highest BCUT2D eigenvalue weighted by atomic mass is 16.5. The molecule has 0 bridgehead atoms. The molecule has 0 aromatic heterocycles. The monoisotopic (exact) mass is 619 g/mol. The van der Waals surface area contributed by atoms with Crippen LogP contribution in [-0.4, -0.2) is 81.7 Å². The first kappa shape index (κ1) is 36.0. The summed E-state index contributed by atoms with van der Waals surface area (Å²) in [6.07, 6.45) is 6.43. The van der Waals surface area contributed by atoms with Crippen molar-refractivity contribution >= 4 is 11.6 Å². The van der Waals surface area contributed by atoms with Crippen LogP contribution >= 0.6 is 0 Å². The Bertz CT molecular complexity index is 1250. The van der Waals surface area contributed by atoms with Gasteiger partial charge in [0.05, 0.1) is 13.7 Å². The molecule has 4 rings (SSSR count). The van der Waals surface area contributed by atoms with Gasteiger partial charge in [-0.25, -0.2) is 0 Å². The molecule has 0 aliphatic carbocycles. The maximum atomic E-state index is 12.6. The number of carbonyl (C=O) groups excluding carboxylic acids is 1. The summed E-state index contributed by atoms with van der Waals surface area (Å²) in [6, 6.07) is 24.2. The van der Waals surface area contributed by atoms with Crippen LogP contribution in [0.1, 0.15) is 61.0 Å². The number of benzene rings is 3. The number of carbonyl (C=O) groups is 1. The van der Waals surface area contributed by atoms with Gasteiger partial charge in [-0.3, -0.25) is 4.79 Å². The molecule has 2 unspecified atom stereocenters. The first-order chi connectivity index (χ1) is 21.8. The summed E-state index contributed by atoms with van der Waals surface area (Å²) in [5.74, 6) is 1.44. The summed E-state index contributed by atoms with van der Waals surface area (Å²) >= 11 is 0. The summed E-state index contributed by atoms with van der Waals surface area (Å²) in [6.45, 7) is 6.86. The molecule has 3 N–H and O–H groups in total. The first-order valence-electron chi connectivity index (χ1n) is 16.1. The van der Waals surface area contributed by atoms with Gasteiger partial charge in [0.2, 0.25) is 0 Å². The second-order valence-electron chi connectivity index (χ2n) is 11.9. The van der Waals surface area contributed by atoms with Crippen LogP contribution in [0.2, 0.25) is 0 Å². The van der Waals surface area contributed by atoms with Gasteiger partial charge in [-0.05, 0) is 99.3 Å². The zero-order valence-corrected chi connectivity index (χ0v) is 27.8. The molecule has 3 aromatic rings. The number of aryl methyl sites for hydroxylation is 1. The lowest BCUT2D eigenvalue weighted by atomic mass is 9.96. The molecule has 2 atom stereocenters. The van der Waals surface area contributed by atoms with Gasteiger partial charge in [0.1, 0.15) is 24.2 Å². The Kier molecular flexibility index (Phi) is 15.9. The fourth-order valence-corrected chi connectivity index (χ4v) is 5.22. The van der Waals surface area contributed by atoms with Crippen molar-refractivity contribution in [3.05, 3.63) is 89.5 Å². The summed E-state index contributed by atoms with van der Waals surface area (Å²) in [5.41, 5.74) is 3.96. The quantitative estimate of drug-likeness (QED) is 0.193. The van der Waals surface area contributed by atoms with E-state index in [0.29, 0.717) is 30.8 Å². The molecule has 1 amide bonds. The number of anilines is 1. The number of hydrogen-bond donors (Lipinski definition) is 3. The predicted octanol–water partition coefficient (Wildman–Crippen LogP) is 5.98. The summed E-state index contributed by atoms with van der Waals surface area (Å²) < 4.78 is 15.7. The van der Waals surface area contributed by atoms with E-state index in [2.05, 4.69) is 28.6 Å². The van der Waals surface area contributed by atoms with Gasteiger partial charge < -0.3 is 34.9 Å². The van der Waals surface area contributed by atoms with E-state index in [1.165, 1.54) is 36.9 Å². The minimum Gasteiger partial charge on any atom is -0.497 e. The Morgan fingerprint density at radius 3 is 2.33 bits per heavy atom. The third-order valence-electron chi connectivity index (χ3n) is 8.01. The van der Waals surface area contributed by atoms with Crippen molar-refractivity contribution in [2.45, 2.75) is 70.6 Å². The number of para-hydroxylation sites is 1. The van der Waals surface area contributed by atoms with E-state index in [4.69, 9.17) is 14.2 Å². The lowest BCUT2D eigenvalue weighted by Crippen LogP contribution is -2.36. The number of nitrogens with one attached hydrogen (secondary N) is 2. The number of likely N-dealkylation sites (tertiary alicyclic amines) is 1. The number of nitrogens with zero attached hydrogens (tertiary/aromatic N) is 1. The van der Waals surface area contributed by atoms with Gasteiger partial charge in [0, 0.05) is 37.0 Å². The van der Waals surface area contributed by atoms with E-state index in [1.807, 2.05) is 56.3 Å². The number of hydrogen-bond acceptors (Lipinski definition) is 7. The molecule has 1 saturated heterocycles. The number of piperidine rings is 1. The molecule has 0 spiro atoms. The van der Waals surface area contributed by atoms with Crippen molar-refractivity contribution in [3.63, 3.8) is 0 Å². The van der Waals surface area contributed by atoms with Crippen molar-refractivity contribution in [2.75, 3.05) is 52.9 Å². The fraction of sp³-hybridized carbons (Fsp3) is 0.486. The van der Waals surface area contributed by atoms with Gasteiger partial charge in [0.25, 0.3) is 5.91 Å². The van der Waals surface area contributed by atoms with E-state index >= 15 is 0 Å². The number of ether oxygens (including phenoxy) is 3. The SMILES string of the molecule is COCCc1ccc(OCC(O)CNC(C)C)cc1.COc1ccc(C(=O)Nc2ccccc2CCC2CCCCN2C)cc1. The standard InChI is InChI=1S/C22H28N2O2.C15H25NO3/c1-24-16-6-5-8-19(24)13-10-17-7-3-4-9-21(17)23-22(25)18-11-14-20(26-2)15-12-18;1-12(2)16-10-14(17)11-19-15-6-4-13(5-7-15)8-9-18-3/h3-4,7,9,11-12,14-15,19H,5-6,8,10,13,16H2,1-2H3,(H,23,25);4-7,12,14,16-17H,8-11H2,1-3H3. The Morgan fingerprint density at radius 1 is 0.956 bits per heavy atom. The smallest absolute Gasteiger partial charge is 0.255 e. The van der Waals surface area contributed by atoms with Crippen molar-refractivity contribution in [1.82, 2.24) is 10.2 Å². The summed E-state index contributed by atoms with van der Waals surface area (Å²) in [4.78, 5) is 15.0. The minimum absolute atomic E-state index is 0.0881. The van der Waals surface area contributed by atoms with E-state index in [9.17, 15) is 9.90 Å². The second kappa shape index (κ2) is 19.9. The Morgan fingerprint density at radius 2 is 1.67 bits per heavy atom. The van der Waals surface area contributed by atoms with Crippen LogP contribution in [-0.2, 0) is 17.6 Å². The van der Waals surface area contributed by atoms with Crippen LogP contribution < -0.4 is 20.1 Å². The molecule has 246 valence electrons. The lowest BCUT2D eigenvalue weighted by Gasteiger charge is -2.32. The van der Waals surface area contributed by atoms with E-state index in [1.54, 1.807) is 38.5 Å². The molecule has 1 heterocycles. The molecule has 1 aliphatic rings. The first-order valence-corrected chi connectivity index (χ1v) is 16.1. The van der Waals surface area contributed by atoms with Gasteiger partial charge in [-0.1, -0.05) is 50.6 Å². The molecular formula is C37H53N3O5. The third kappa shape index (κ3) is 13.2. The normalized spacial score (nSPS) is 15.6. The number of rotatable bonds is 15. The Balaban J connectivity index is 0.000000259. The molecule has 1 aliphatic heterocycles. The van der Waals surface area contributed by atoms with Crippen molar-refractivity contribution in [1.29, 1.82) is 0 Å². The second-order valence-corrected chi connectivity index (χ2v) is 11.9. The van der Waals surface area contributed by atoms with Crippen molar-refractivity contribution in [2.24, 2.45) is 0 Å². The highest BCUT2D eigenvalue weighted by Crippen LogP contribution is 2.24. The highest BCUT2D eigenvalue weighted by molar-refractivity contribution is 6.04. The highest BCUT2D eigenvalue weighted by Gasteiger charge is 2.19. The van der Waals surface area contributed by atoms with Gasteiger partial charge in [-0.2, -0.15) is 0 Å². The topological polar surface area (TPSA) is 92.3 Å². The van der Waals surface area contributed by atoms with Gasteiger partial charge in [0.15, 0.2) is 0 Å². The van der Waals surface area contributed by atoms with Gasteiger partial charge in [-0.15, -0.1) is 0 Å².